The largest absolute Gasteiger partial charge is 0.497 e. The average Bonchev–Trinajstić information content (AvgIpc) is 3.49. The fraction of sp³-hybridized carbons (Fsp3) is 0.619. The summed E-state index contributed by atoms with van der Waals surface area (Å²) in [6.45, 7) is 0.654. The molecule has 1 unspecified atom stereocenters. The molecule has 1 aromatic rings. The number of amides is 2. The number of ether oxygens (including phenoxy) is 2. The standard InChI is InChI=1S/C21H31N3O6S/c1-29-17-8-10-19(11-9-17)31(27,28)23-14-21(26)24(16-5-2-3-6-16)15-20(25)22-13-18-7-4-12-30-18/h8-11,16,18,23H,2-7,12-15H2,1H3,(H,22,25). The normalized spacial score (nSPS) is 19.3. The molecular formula is C21H31N3O6S. The fourth-order valence-corrected chi connectivity index (χ4v) is 4.95. The van der Waals surface area contributed by atoms with Gasteiger partial charge in [0.1, 0.15) is 5.75 Å². The monoisotopic (exact) mass is 453 g/mol. The molecule has 1 aliphatic carbocycles. The summed E-state index contributed by atoms with van der Waals surface area (Å²) in [5, 5.41) is 2.83. The molecule has 172 valence electrons. The Kier molecular flexibility index (Phi) is 8.28. The summed E-state index contributed by atoms with van der Waals surface area (Å²) in [5.74, 6) is -0.124. The van der Waals surface area contributed by atoms with Gasteiger partial charge in [-0.15, -0.1) is 0 Å². The van der Waals surface area contributed by atoms with Gasteiger partial charge in [0, 0.05) is 19.2 Å². The average molecular weight is 454 g/mol. The number of hydrogen-bond acceptors (Lipinski definition) is 6. The van der Waals surface area contributed by atoms with Crippen molar-refractivity contribution in [1.82, 2.24) is 14.9 Å². The van der Waals surface area contributed by atoms with Crippen molar-refractivity contribution in [2.24, 2.45) is 0 Å². The van der Waals surface area contributed by atoms with Gasteiger partial charge in [0.05, 0.1) is 31.2 Å². The molecule has 9 nitrogen and oxygen atoms in total. The zero-order valence-corrected chi connectivity index (χ0v) is 18.7. The van der Waals surface area contributed by atoms with Crippen molar-refractivity contribution < 1.29 is 27.5 Å². The fourth-order valence-electron chi connectivity index (χ4n) is 3.98. The predicted octanol–water partition coefficient (Wildman–Crippen LogP) is 1.04. The highest BCUT2D eigenvalue weighted by Gasteiger charge is 2.29. The number of nitrogens with zero attached hydrogens (tertiary/aromatic N) is 1. The van der Waals surface area contributed by atoms with Gasteiger partial charge in [-0.05, 0) is 49.9 Å². The third-order valence-corrected chi connectivity index (χ3v) is 7.15. The number of rotatable bonds is 10. The summed E-state index contributed by atoms with van der Waals surface area (Å²) in [6, 6.07) is 5.86. The van der Waals surface area contributed by atoms with Crippen LogP contribution in [0.15, 0.2) is 29.2 Å². The molecule has 1 aromatic carbocycles. The topological polar surface area (TPSA) is 114 Å². The van der Waals surface area contributed by atoms with Crippen LogP contribution < -0.4 is 14.8 Å². The number of carbonyl (C=O) groups is 2. The number of sulfonamides is 1. The molecule has 1 saturated carbocycles. The zero-order valence-electron chi connectivity index (χ0n) is 17.8. The Labute approximate surface area is 183 Å². The Bertz CT molecular complexity index is 846. The highest BCUT2D eigenvalue weighted by Crippen LogP contribution is 2.23. The molecule has 2 N–H and O–H groups in total. The lowest BCUT2D eigenvalue weighted by molar-refractivity contribution is -0.137. The van der Waals surface area contributed by atoms with E-state index in [0.29, 0.717) is 18.9 Å². The van der Waals surface area contributed by atoms with Gasteiger partial charge in [0.2, 0.25) is 21.8 Å². The first-order valence-electron chi connectivity index (χ1n) is 10.7. The van der Waals surface area contributed by atoms with Gasteiger partial charge < -0.3 is 19.7 Å². The lowest BCUT2D eigenvalue weighted by Crippen LogP contribution is -2.49. The molecule has 0 radical (unpaired) electrons. The van der Waals surface area contributed by atoms with Crippen molar-refractivity contribution in [3.05, 3.63) is 24.3 Å². The SMILES string of the molecule is COc1ccc(S(=O)(=O)NCC(=O)N(CC(=O)NCC2CCCO2)C2CCCC2)cc1. The molecule has 1 atom stereocenters. The molecule has 31 heavy (non-hydrogen) atoms. The van der Waals surface area contributed by atoms with E-state index < -0.39 is 22.5 Å². The minimum absolute atomic E-state index is 0.0240. The summed E-state index contributed by atoms with van der Waals surface area (Å²) in [6.07, 6.45) is 5.54. The maximum Gasteiger partial charge on any atom is 0.241 e. The molecule has 1 aliphatic heterocycles. The van der Waals surface area contributed by atoms with Gasteiger partial charge in [-0.3, -0.25) is 9.59 Å². The van der Waals surface area contributed by atoms with Crippen LogP contribution in [0.2, 0.25) is 0 Å². The summed E-state index contributed by atoms with van der Waals surface area (Å²) in [4.78, 5) is 26.9. The van der Waals surface area contributed by atoms with Gasteiger partial charge >= 0.3 is 0 Å². The third kappa shape index (κ3) is 6.65. The first-order chi connectivity index (χ1) is 14.9. The Hall–Kier alpha value is -2.17. The lowest BCUT2D eigenvalue weighted by atomic mass is 10.2. The minimum atomic E-state index is -3.86. The van der Waals surface area contributed by atoms with Gasteiger partial charge in [-0.2, -0.15) is 0 Å². The van der Waals surface area contributed by atoms with Crippen LogP contribution in [-0.2, 0) is 24.3 Å². The molecule has 2 amide bonds. The van der Waals surface area contributed by atoms with Gasteiger partial charge in [0.25, 0.3) is 0 Å². The summed E-state index contributed by atoms with van der Waals surface area (Å²) in [5.41, 5.74) is 0. The second-order valence-corrected chi connectivity index (χ2v) is 9.67. The van der Waals surface area contributed by atoms with Crippen molar-refractivity contribution in [3.8, 4) is 5.75 Å². The maximum atomic E-state index is 12.9. The van der Waals surface area contributed by atoms with Crippen LogP contribution >= 0.6 is 0 Å². The summed E-state index contributed by atoms with van der Waals surface area (Å²) < 4.78 is 38.0. The third-order valence-electron chi connectivity index (χ3n) is 5.73. The van der Waals surface area contributed by atoms with E-state index in [1.54, 1.807) is 12.1 Å². The number of methoxy groups -OCH3 is 1. The molecular weight excluding hydrogens is 422 g/mol. The van der Waals surface area contributed by atoms with Crippen LogP contribution in [0.1, 0.15) is 38.5 Å². The van der Waals surface area contributed by atoms with Crippen LogP contribution in [0.5, 0.6) is 5.75 Å². The first-order valence-corrected chi connectivity index (χ1v) is 12.2. The Morgan fingerprint density at radius 1 is 1.13 bits per heavy atom. The van der Waals surface area contributed by atoms with Crippen LogP contribution in [0.4, 0.5) is 0 Å². The zero-order chi connectivity index (χ0) is 22.3. The number of hydrogen-bond donors (Lipinski definition) is 2. The van der Waals surface area contributed by atoms with Crippen LogP contribution in [0, 0.1) is 0 Å². The van der Waals surface area contributed by atoms with Gasteiger partial charge in [-0.25, -0.2) is 13.1 Å². The quantitative estimate of drug-likeness (QED) is 0.547. The van der Waals surface area contributed by atoms with Gasteiger partial charge in [0.15, 0.2) is 0 Å². The van der Waals surface area contributed by atoms with Crippen molar-refractivity contribution in [1.29, 1.82) is 0 Å². The molecule has 10 heteroatoms. The Morgan fingerprint density at radius 2 is 1.84 bits per heavy atom. The second kappa shape index (κ2) is 10.9. The van der Waals surface area contributed by atoms with Crippen molar-refractivity contribution in [2.75, 3.05) is 33.4 Å². The molecule has 2 fully saturated rings. The van der Waals surface area contributed by atoms with Crippen LogP contribution in [-0.4, -0.2) is 70.6 Å². The lowest BCUT2D eigenvalue weighted by Gasteiger charge is -2.28. The first kappa shape index (κ1) is 23.5. The van der Waals surface area contributed by atoms with E-state index in [2.05, 4.69) is 10.0 Å². The highest BCUT2D eigenvalue weighted by molar-refractivity contribution is 7.89. The van der Waals surface area contributed by atoms with E-state index in [4.69, 9.17) is 9.47 Å². The predicted molar refractivity (Wildman–Crippen MR) is 114 cm³/mol. The van der Waals surface area contributed by atoms with E-state index in [9.17, 15) is 18.0 Å². The molecule has 1 heterocycles. The van der Waals surface area contributed by atoms with Crippen molar-refractivity contribution >= 4 is 21.8 Å². The molecule has 3 rings (SSSR count). The van der Waals surface area contributed by atoms with Gasteiger partial charge in [-0.1, -0.05) is 12.8 Å². The Morgan fingerprint density at radius 3 is 2.45 bits per heavy atom. The van der Waals surface area contributed by atoms with Crippen molar-refractivity contribution in [3.63, 3.8) is 0 Å². The number of carbonyl (C=O) groups excluding carboxylic acids is 2. The number of nitrogens with one attached hydrogen (secondary N) is 2. The Balaban J connectivity index is 1.57. The van der Waals surface area contributed by atoms with E-state index in [1.807, 2.05) is 0 Å². The highest BCUT2D eigenvalue weighted by atomic mass is 32.2. The van der Waals surface area contributed by atoms with E-state index in [1.165, 1.54) is 24.1 Å². The van der Waals surface area contributed by atoms with Crippen LogP contribution in [0.25, 0.3) is 0 Å². The van der Waals surface area contributed by atoms with Crippen LogP contribution in [0.3, 0.4) is 0 Å². The summed E-state index contributed by atoms with van der Waals surface area (Å²) >= 11 is 0. The van der Waals surface area contributed by atoms with Crippen molar-refractivity contribution in [2.45, 2.75) is 55.6 Å². The van der Waals surface area contributed by atoms with E-state index in [-0.39, 0.29) is 29.5 Å². The molecule has 0 aromatic heterocycles. The minimum Gasteiger partial charge on any atom is -0.497 e. The summed E-state index contributed by atoms with van der Waals surface area (Å²) in [7, 11) is -2.36. The smallest absolute Gasteiger partial charge is 0.241 e. The van der Waals surface area contributed by atoms with E-state index >= 15 is 0 Å². The molecule has 0 bridgehead atoms. The molecule has 0 spiro atoms. The number of benzene rings is 1. The maximum absolute atomic E-state index is 12.9. The van der Waals surface area contributed by atoms with E-state index in [0.717, 1.165) is 38.5 Å². The molecule has 1 saturated heterocycles. The second-order valence-electron chi connectivity index (χ2n) is 7.90. The molecule has 2 aliphatic rings.